The minimum atomic E-state index is -0.453. The van der Waals surface area contributed by atoms with Crippen LogP contribution in [-0.2, 0) is 6.42 Å². The topological polar surface area (TPSA) is 98.3 Å². The maximum absolute atomic E-state index is 12.1. The molecule has 108 valence electrons. The predicted octanol–water partition coefficient (Wildman–Crippen LogP) is 2.99. The van der Waals surface area contributed by atoms with Crippen LogP contribution in [0.25, 0.3) is 0 Å². The molecule has 0 unspecified atom stereocenters. The van der Waals surface area contributed by atoms with Gasteiger partial charge in [0.05, 0.1) is 10.5 Å². The van der Waals surface area contributed by atoms with Gasteiger partial charge < -0.3 is 11.1 Å². The van der Waals surface area contributed by atoms with Crippen LogP contribution in [0.3, 0.4) is 0 Å². The van der Waals surface area contributed by atoms with Gasteiger partial charge in [0, 0.05) is 23.0 Å². The van der Waals surface area contributed by atoms with E-state index >= 15 is 0 Å². The van der Waals surface area contributed by atoms with Crippen LogP contribution >= 0.6 is 0 Å². The zero-order valence-corrected chi connectivity index (χ0v) is 11.5. The molecule has 2 rings (SSSR count). The Morgan fingerprint density at radius 1 is 1.29 bits per heavy atom. The lowest BCUT2D eigenvalue weighted by atomic mass is 10.1. The van der Waals surface area contributed by atoms with E-state index in [0.29, 0.717) is 28.9 Å². The highest BCUT2D eigenvalue weighted by Gasteiger charge is 2.15. The van der Waals surface area contributed by atoms with E-state index in [4.69, 9.17) is 5.73 Å². The summed E-state index contributed by atoms with van der Waals surface area (Å²) in [7, 11) is 0. The van der Waals surface area contributed by atoms with E-state index < -0.39 is 10.8 Å². The summed E-state index contributed by atoms with van der Waals surface area (Å²) in [6.45, 7) is 1.84. The quantitative estimate of drug-likeness (QED) is 0.512. The molecule has 21 heavy (non-hydrogen) atoms. The number of anilines is 2. The third-order valence-electron chi connectivity index (χ3n) is 3.13. The number of nitrogens with zero attached hydrogens (tertiary/aromatic N) is 1. The number of carbonyl (C=O) groups is 1. The number of rotatable bonds is 4. The lowest BCUT2D eigenvalue weighted by Crippen LogP contribution is -2.14. The molecular weight excluding hydrogens is 270 g/mol. The average molecular weight is 285 g/mol. The van der Waals surface area contributed by atoms with Gasteiger partial charge in [-0.3, -0.25) is 14.9 Å². The Labute approximate surface area is 121 Å². The summed E-state index contributed by atoms with van der Waals surface area (Å²) in [5.41, 5.74) is 7.41. The van der Waals surface area contributed by atoms with Crippen LogP contribution in [0.5, 0.6) is 0 Å². The molecule has 0 atom stereocenters. The Balaban J connectivity index is 2.28. The van der Waals surface area contributed by atoms with Crippen LogP contribution in [0.15, 0.2) is 42.5 Å². The number of nitrogens with two attached hydrogens (primary N) is 1. The molecule has 2 aromatic rings. The molecule has 0 bridgehead atoms. The molecule has 0 aliphatic carbocycles. The SMILES string of the molecule is CCc1ccc(NC(=O)c2ccccc2N)cc1[N+](=O)[O-]. The van der Waals surface area contributed by atoms with Crippen molar-refractivity contribution in [1.82, 2.24) is 0 Å². The number of nitrogen functional groups attached to an aromatic ring is 1. The molecule has 6 heteroatoms. The molecule has 2 aromatic carbocycles. The molecule has 1 amide bonds. The van der Waals surface area contributed by atoms with Crippen molar-refractivity contribution in [3.05, 3.63) is 63.7 Å². The summed E-state index contributed by atoms with van der Waals surface area (Å²) in [5, 5.41) is 13.6. The highest BCUT2D eigenvalue weighted by atomic mass is 16.6. The highest BCUT2D eigenvalue weighted by molar-refractivity contribution is 6.07. The molecular formula is C15H15N3O3. The Kier molecular flexibility index (Phi) is 4.18. The standard InChI is InChI=1S/C15H15N3O3/c1-2-10-7-8-11(9-14(10)18(20)21)17-15(19)12-5-3-4-6-13(12)16/h3-9H,2,16H2,1H3,(H,17,19). The Morgan fingerprint density at radius 3 is 2.62 bits per heavy atom. The summed E-state index contributed by atoms with van der Waals surface area (Å²) in [4.78, 5) is 22.7. The Bertz CT molecular complexity index is 698. The first-order chi connectivity index (χ1) is 10.0. The van der Waals surface area contributed by atoms with E-state index in [2.05, 4.69) is 5.32 Å². The lowest BCUT2D eigenvalue weighted by molar-refractivity contribution is -0.385. The van der Waals surface area contributed by atoms with E-state index in [1.54, 1.807) is 36.4 Å². The number of nitro groups is 1. The maximum atomic E-state index is 12.1. The Hall–Kier alpha value is -2.89. The second kappa shape index (κ2) is 6.04. The van der Waals surface area contributed by atoms with E-state index in [-0.39, 0.29) is 5.69 Å². The zero-order chi connectivity index (χ0) is 15.4. The minimum Gasteiger partial charge on any atom is -0.398 e. The number of nitrogens with one attached hydrogen (secondary N) is 1. The number of aryl methyl sites for hydroxylation is 1. The van der Waals surface area contributed by atoms with Gasteiger partial charge in [0.15, 0.2) is 0 Å². The molecule has 0 heterocycles. The molecule has 0 saturated heterocycles. The van der Waals surface area contributed by atoms with E-state index in [0.717, 1.165) is 0 Å². The molecule has 0 aliphatic heterocycles. The zero-order valence-electron chi connectivity index (χ0n) is 11.5. The van der Waals surface area contributed by atoms with Gasteiger partial charge >= 0.3 is 0 Å². The Morgan fingerprint density at radius 2 is 2.00 bits per heavy atom. The number of hydrogen-bond donors (Lipinski definition) is 2. The van der Waals surface area contributed by atoms with E-state index in [9.17, 15) is 14.9 Å². The fourth-order valence-corrected chi connectivity index (χ4v) is 2.01. The number of benzene rings is 2. The van der Waals surface area contributed by atoms with E-state index in [1.165, 1.54) is 6.07 Å². The summed E-state index contributed by atoms with van der Waals surface area (Å²) in [5.74, 6) is -0.397. The summed E-state index contributed by atoms with van der Waals surface area (Å²) in [6, 6.07) is 11.3. The lowest BCUT2D eigenvalue weighted by Gasteiger charge is -2.08. The number of hydrogen-bond acceptors (Lipinski definition) is 4. The van der Waals surface area contributed by atoms with Crippen molar-refractivity contribution in [3.63, 3.8) is 0 Å². The van der Waals surface area contributed by atoms with Gasteiger partial charge in [0.2, 0.25) is 0 Å². The molecule has 6 nitrogen and oxygen atoms in total. The molecule has 0 aromatic heterocycles. The van der Waals surface area contributed by atoms with Crippen LogP contribution in [0, 0.1) is 10.1 Å². The number of para-hydroxylation sites is 1. The van der Waals surface area contributed by atoms with Crippen LogP contribution in [0.4, 0.5) is 17.1 Å². The molecule has 0 aliphatic rings. The smallest absolute Gasteiger partial charge is 0.274 e. The second-order valence-corrected chi connectivity index (χ2v) is 4.50. The highest BCUT2D eigenvalue weighted by Crippen LogP contribution is 2.24. The van der Waals surface area contributed by atoms with Crippen molar-refractivity contribution in [3.8, 4) is 0 Å². The largest absolute Gasteiger partial charge is 0.398 e. The first-order valence-electron chi connectivity index (χ1n) is 6.46. The first kappa shape index (κ1) is 14.5. The van der Waals surface area contributed by atoms with Crippen molar-refractivity contribution in [1.29, 1.82) is 0 Å². The van der Waals surface area contributed by atoms with Crippen molar-refractivity contribution < 1.29 is 9.72 Å². The van der Waals surface area contributed by atoms with Gasteiger partial charge in [-0.1, -0.05) is 25.1 Å². The van der Waals surface area contributed by atoms with E-state index in [1.807, 2.05) is 6.92 Å². The molecule has 0 radical (unpaired) electrons. The minimum absolute atomic E-state index is 0.00339. The summed E-state index contributed by atoms with van der Waals surface area (Å²) < 4.78 is 0. The van der Waals surface area contributed by atoms with Crippen molar-refractivity contribution >= 4 is 23.0 Å². The van der Waals surface area contributed by atoms with Crippen LogP contribution in [0.1, 0.15) is 22.8 Å². The van der Waals surface area contributed by atoms with Gasteiger partial charge in [0.25, 0.3) is 11.6 Å². The van der Waals surface area contributed by atoms with Crippen molar-refractivity contribution in [2.24, 2.45) is 0 Å². The van der Waals surface area contributed by atoms with Crippen molar-refractivity contribution in [2.75, 3.05) is 11.1 Å². The van der Waals surface area contributed by atoms with Crippen LogP contribution in [0.2, 0.25) is 0 Å². The molecule has 0 fully saturated rings. The van der Waals surface area contributed by atoms with Gasteiger partial charge in [-0.15, -0.1) is 0 Å². The summed E-state index contributed by atoms with van der Waals surface area (Å²) in [6.07, 6.45) is 0.552. The van der Waals surface area contributed by atoms with Crippen LogP contribution in [-0.4, -0.2) is 10.8 Å². The summed E-state index contributed by atoms with van der Waals surface area (Å²) >= 11 is 0. The normalized spacial score (nSPS) is 10.1. The maximum Gasteiger partial charge on any atom is 0.274 e. The third-order valence-corrected chi connectivity index (χ3v) is 3.13. The fourth-order valence-electron chi connectivity index (χ4n) is 2.01. The molecule has 0 spiro atoms. The fraction of sp³-hybridized carbons (Fsp3) is 0.133. The second-order valence-electron chi connectivity index (χ2n) is 4.50. The number of carbonyl (C=O) groups excluding carboxylic acids is 1. The molecule has 0 saturated carbocycles. The monoisotopic (exact) mass is 285 g/mol. The average Bonchev–Trinajstić information content (AvgIpc) is 2.47. The number of nitro benzene ring substituents is 1. The third kappa shape index (κ3) is 3.17. The predicted molar refractivity (Wildman–Crippen MR) is 81.3 cm³/mol. The number of amides is 1. The van der Waals surface area contributed by atoms with Crippen LogP contribution < -0.4 is 11.1 Å². The van der Waals surface area contributed by atoms with Gasteiger partial charge in [-0.2, -0.15) is 0 Å². The van der Waals surface area contributed by atoms with Crippen molar-refractivity contribution in [2.45, 2.75) is 13.3 Å². The van der Waals surface area contributed by atoms with Gasteiger partial charge in [-0.05, 0) is 24.6 Å². The van der Waals surface area contributed by atoms with Gasteiger partial charge in [-0.25, -0.2) is 0 Å². The van der Waals surface area contributed by atoms with Gasteiger partial charge in [0.1, 0.15) is 0 Å². The molecule has 3 N–H and O–H groups in total. The first-order valence-corrected chi connectivity index (χ1v) is 6.46.